The highest BCUT2D eigenvalue weighted by Crippen LogP contribution is 2.26. The highest BCUT2D eigenvalue weighted by atomic mass is 16.5. The molecule has 1 amide bonds. The zero-order valence-corrected chi connectivity index (χ0v) is 13.8. The normalized spacial score (nSPS) is 13.0. The summed E-state index contributed by atoms with van der Waals surface area (Å²) in [6, 6.07) is 17.4. The van der Waals surface area contributed by atoms with Crippen LogP contribution < -0.4 is 14.8 Å². The average Bonchev–Trinajstić information content (AvgIpc) is 2.60. The van der Waals surface area contributed by atoms with Gasteiger partial charge in [0.25, 0.3) is 5.91 Å². The Morgan fingerprint density at radius 2 is 1.61 bits per heavy atom. The molecule has 0 fully saturated rings. The monoisotopic (exact) mass is 313 g/mol. The van der Waals surface area contributed by atoms with E-state index in [4.69, 9.17) is 9.47 Å². The van der Waals surface area contributed by atoms with E-state index in [0.717, 1.165) is 0 Å². The van der Waals surface area contributed by atoms with E-state index < -0.39 is 6.10 Å². The molecule has 0 aliphatic carbocycles. The van der Waals surface area contributed by atoms with Crippen molar-refractivity contribution in [3.8, 4) is 11.5 Å². The van der Waals surface area contributed by atoms with Crippen molar-refractivity contribution < 1.29 is 14.3 Å². The maximum Gasteiger partial charge on any atom is 0.260 e. The number of rotatable bonds is 7. The fourth-order valence-corrected chi connectivity index (χ4v) is 2.26. The van der Waals surface area contributed by atoms with Gasteiger partial charge in [0.05, 0.1) is 7.11 Å². The third-order valence-corrected chi connectivity index (χ3v) is 3.69. The molecular weight excluding hydrogens is 290 g/mol. The molecule has 2 aromatic carbocycles. The summed E-state index contributed by atoms with van der Waals surface area (Å²) in [4.78, 5) is 12.2. The lowest BCUT2D eigenvalue weighted by atomic mass is 10.0. The van der Waals surface area contributed by atoms with Crippen LogP contribution in [-0.2, 0) is 4.79 Å². The van der Waals surface area contributed by atoms with Crippen molar-refractivity contribution in [2.24, 2.45) is 0 Å². The molecule has 0 aromatic heterocycles. The average molecular weight is 313 g/mol. The minimum absolute atomic E-state index is 0.140. The van der Waals surface area contributed by atoms with Gasteiger partial charge in [-0.2, -0.15) is 0 Å². The molecule has 2 atom stereocenters. The maximum absolute atomic E-state index is 12.2. The molecule has 0 aliphatic rings. The van der Waals surface area contributed by atoms with Gasteiger partial charge < -0.3 is 14.8 Å². The first-order valence-corrected chi connectivity index (χ1v) is 7.74. The SMILES string of the molecule is COc1ccccc1O[C@H](C)C(=O)NC[C@H](C)c1ccccc1. The molecule has 4 heteroatoms. The molecule has 2 rings (SSSR count). The zero-order valence-electron chi connectivity index (χ0n) is 13.8. The minimum Gasteiger partial charge on any atom is -0.493 e. The van der Waals surface area contributed by atoms with Crippen LogP contribution in [0.4, 0.5) is 0 Å². The quantitative estimate of drug-likeness (QED) is 0.852. The van der Waals surface area contributed by atoms with Crippen LogP contribution in [-0.4, -0.2) is 25.7 Å². The van der Waals surface area contributed by atoms with Crippen molar-refractivity contribution in [3.63, 3.8) is 0 Å². The first kappa shape index (κ1) is 16.9. The van der Waals surface area contributed by atoms with Crippen LogP contribution in [0.5, 0.6) is 11.5 Å². The van der Waals surface area contributed by atoms with E-state index in [2.05, 4.69) is 24.4 Å². The van der Waals surface area contributed by atoms with E-state index in [1.165, 1.54) is 5.56 Å². The van der Waals surface area contributed by atoms with Crippen LogP contribution in [0.2, 0.25) is 0 Å². The Morgan fingerprint density at radius 1 is 1.00 bits per heavy atom. The van der Waals surface area contributed by atoms with E-state index in [1.807, 2.05) is 30.3 Å². The molecule has 0 spiro atoms. The number of carbonyl (C=O) groups is 1. The molecule has 2 aromatic rings. The van der Waals surface area contributed by atoms with Crippen LogP contribution in [0.25, 0.3) is 0 Å². The summed E-state index contributed by atoms with van der Waals surface area (Å²) in [5.41, 5.74) is 1.20. The number of benzene rings is 2. The summed E-state index contributed by atoms with van der Waals surface area (Å²) in [7, 11) is 1.58. The Labute approximate surface area is 137 Å². The van der Waals surface area contributed by atoms with Crippen LogP contribution in [0.1, 0.15) is 25.3 Å². The number of nitrogens with one attached hydrogen (secondary N) is 1. The third-order valence-electron chi connectivity index (χ3n) is 3.69. The summed E-state index contributed by atoms with van der Waals surface area (Å²) in [5, 5.41) is 2.93. The fraction of sp³-hybridized carbons (Fsp3) is 0.316. The largest absolute Gasteiger partial charge is 0.493 e. The van der Waals surface area contributed by atoms with Crippen molar-refractivity contribution in [1.82, 2.24) is 5.32 Å². The van der Waals surface area contributed by atoms with Crippen LogP contribution in [0.15, 0.2) is 54.6 Å². The van der Waals surface area contributed by atoms with E-state index in [9.17, 15) is 4.79 Å². The molecule has 4 nitrogen and oxygen atoms in total. The summed E-state index contributed by atoms with van der Waals surface area (Å²) in [6.45, 7) is 4.39. The Kier molecular flexibility index (Phi) is 6.03. The molecule has 1 N–H and O–H groups in total. The van der Waals surface area contributed by atoms with Crippen molar-refractivity contribution in [3.05, 3.63) is 60.2 Å². The number of methoxy groups -OCH3 is 1. The first-order chi connectivity index (χ1) is 11.1. The maximum atomic E-state index is 12.2. The molecule has 0 unspecified atom stereocenters. The van der Waals surface area contributed by atoms with Crippen molar-refractivity contribution in [2.45, 2.75) is 25.9 Å². The summed E-state index contributed by atoms with van der Waals surface area (Å²) < 4.78 is 10.9. The molecule has 23 heavy (non-hydrogen) atoms. The van der Waals surface area contributed by atoms with Crippen molar-refractivity contribution in [2.75, 3.05) is 13.7 Å². The van der Waals surface area contributed by atoms with Gasteiger partial charge in [-0.25, -0.2) is 0 Å². The number of hydrogen-bond donors (Lipinski definition) is 1. The number of hydrogen-bond acceptors (Lipinski definition) is 3. The number of ether oxygens (including phenoxy) is 2. The second kappa shape index (κ2) is 8.22. The lowest BCUT2D eigenvalue weighted by Gasteiger charge is -2.18. The fourth-order valence-electron chi connectivity index (χ4n) is 2.26. The Balaban J connectivity index is 1.88. The van der Waals surface area contributed by atoms with Gasteiger partial charge in [0.15, 0.2) is 17.6 Å². The van der Waals surface area contributed by atoms with Crippen molar-refractivity contribution >= 4 is 5.91 Å². The molecule has 0 aliphatic heterocycles. The lowest BCUT2D eigenvalue weighted by Crippen LogP contribution is -2.38. The third kappa shape index (κ3) is 4.74. The van der Waals surface area contributed by atoms with Gasteiger partial charge >= 0.3 is 0 Å². The highest BCUT2D eigenvalue weighted by Gasteiger charge is 2.17. The molecule has 0 saturated carbocycles. The number of amides is 1. The Morgan fingerprint density at radius 3 is 2.26 bits per heavy atom. The Hall–Kier alpha value is -2.49. The molecule has 0 radical (unpaired) electrons. The standard InChI is InChI=1S/C19H23NO3/c1-14(16-9-5-4-6-10-16)13-20-19(21)15(2)23-18-12-8-7-11-17(18)22-3/h4-12,14-15H,13H2,1-3H3,(H,20,21)/t14-,15+/m0/s1. The zero-order chi connectivity index (χ0) is 16.7. The van der Waals surface area contributed by atoms with Crippen LogP contribution in [0, 0.1) is 0 Å². The molecule has 0 bridgehead atoms. The van der Waals surface area contributed by atoms with Gasteiger partial charge in [-0.15, -0.1) is 0 Å². The second-order valence-electron chi connectivity index (χ2n) is 5.47. The topological polar surface area (TPSA) is 47.6 Å². The van der Waals surface area contributed by atoms with Gasteiger partial charge in [0.2, 0.25) is 0 Å². The minimum atomic E-state index is -0.589. The van der Waals surface area contributed by atoms with Crippen LogP contribution >= 0.6 is 0 Å². The van der Waals surface area contributed by atoms with Gasteiger partial charge in [0, 0.05) is 6.54 Å². The first-order valence-electron chi connectivity index (χ1n) is 7.74. The summed E-state index contributed by atoms with van der Waals surface area (Å²) in [5.74, 6) is 1.29. The molecule has 0 saturated heterocycles. The predicted molar refractivity (Wildman–Crippen MR) is 91.0 cm³/mol. The van der Waals surface area contributed by atoms with Gasteiger partial charge in [0.1, 0.15) is 0 Å². The second-order valence-corrected chi connectivity index (χ2v) is 5.47. The predicted octanol–water partition coefficient (Wildman–Crippen LogP) is 3.38. The lowest BCUT2D eigenvalue weighted by molar-refractivity contribution is -0.127. The van der Waals surface area contributed by atoms with Gasteiger partial charge in [-0.1, -0.05) is 49.4 Å². The Bertz CT molecular complexity index is 628. The van der Waals surface area contributed by atoms with E-state index >= 15 is 0 Å². The van der Waals surface area contributed by atoms with E-state index in [0.29, 0.717) is 18.0 Å². The highest BCUT2D eigenvalue weighted by molar-refractivity contribution is 5.80. The van der Waals surface area contributed by atoms with Crippen LogP contribution in [0.3, 0.4) is 0 Å². The van der Waals surface area contributed by atoms with Gasteiger partial charge in [-0.3, -0.25) is 4.79 Å². The van der Waals surface area contributed by atoms with E-state index in [-0.39, 0.29) is 11.8 Å². The van der Waals surface area contributed by atoms with E-state index in [1.54, 1.807) is 26.2 Å². The van der Waals surface area contributed by atoms with Crippen molar-refractivity contribution in [1.29, 1.82) is 0 Å². The smallest absolute Gasteiger partial charge is 0.260 e. The summed E-state index contributed by atoms with van der Waals surface area (Å²) in [6.07, 6.45) is -0.589. The van der Waals surface area contributed by atoms with Gasteiger partial charge in [-0.05, 0) is 30.5 Å². The molecule has 122 valence electrons. The molecular formula is C19H23NO3. The molecule has 0 heterocycles. The summed E-state index contributed by atoms with van der Waals surface area (Å²) >= 11 is 0. The number of carbonyl (C=O) groups excluding carboxylic acids is 1. The number of para-hydroxylation sites is 2.